The fraction of sp³-hybridized carbons (Fsp3) is 0.750. The third-order valence-electron chi connectivity index (χ3n) is 8.03. The molecule has 3 rings (SSSR count). The number of fused-ring (bicyclic) bond motifs is 2. The Kier molecular flexibility index (Phi) is 4.02. The van der Waals surface area contributed by atoms with Crippen LogP contribution < -0.4 is 0 Å². The molecule has 24 heavy (non-hydrogen) atoms. The summed E-state index contributed by atoms with van der Waals surface area (Å²) >= 11 is 0. The third-order valence-corrected chi connectivity index (χ3v) is 8.03. The van der Waals surface area contributed by atoms with Crippen LogP contribution in [0.25, 0.3) is 0 Å². The van der Waals surface area contributed by atoms with Gasteiger partial charge in [0.2, 0.25) is 0 Å². The SMILES string of the molecule is CCC1(CC)CC(C)(C)c2cc3c(cc21)C(CC)(CC)CC3(C)C. The number of benzene rings is 1. The van der Waals surface area contributed by atoms with Crippen LogP contribution in [0.1, 0.15) is 116 Å². The fourth-order valence-corrected chi connectivity index (χ4v) is 6.43. The van der Waals surface area contributed by atoms with Crippen molar-refractivity contribution in [2.24, 2.45) is 0 Å². The van der Waals surface area contributed by atoms with E-state index in [2.05, 4.69) is 67.5 Å². The highest BCUT2D eigenvalue weighted by Gasteiger charge is 2.51. The maximum atomic E-state index is 2.69. The van der Waals surface area contributed by atoms with E-state index in [0.29, 0.717) is 21.7 Å². The zero-order valence-electron chi connectivity index (χ0n) is 17.4. The summed E-state index contributed by atoms with van der Waals surface area (Å²) in [6.45, 7) is 19.5. The lowest BCUT2D eigenvalue weighted by atomic mass is 9.72. The van der Waals surface area contributed by atoms with Crippen molar-refractivity contribution in [2.75, 3.05) is 0 Å². The molecule has 0 unspecified atom stereocenters. The fourth-order valence-electron chi connectivity index (χ4n) is 6.43. The molecule has 0 atom stereocenters. The minimum absolute atomic E-state index is 0.316. The molecule has 0 amide bonds. The second-order valence-corrected chi connectivity index (χ2v) is 10.0. The van der Waals surface area contributed by atoms with Crippen molar-refractivity contribution in [3.63, 3.8) is 0 Å². The zero-order chi connectivity index (χ0) is 18.0. The van der Waals surface area contributed by atoms with Gasteiger partial charge in [-0.15, -0.1) is 0 Å². The van der Waals surface area contributed by atoms with Gasteiger partial charge >= 0.3 is 0 Å². The first-order valence-corrected chi connectivity index (χ1v) is 10.3. The molecule has 0 bridgehead atoms. The van der Waals surface area contributed by atoms with Gasteiger partial charge < -0.3 is 0 Å². The lowest BCUT2D eigenvalue weighted by Gasteiger charge is -2.32. The summed E-state index contributed by atoms with van der Waals surface area (Å²) in [5.41, 5.74) is 8.12. The van der Waals surface area contributed by atoms with Gasteiger partial charge in [-0.1, -0.05) is 67.5 Å². The molecule has 0 N–H and O–H groups in total. The van der Waals surface area contributed by atoms with E-state index < -0.39 is 0 Å². The lowest BCUT2D eigenvalue weighted by Crippen LogP contribution is -2.25. The summed E-state index contributed by atoms with van der Waals surface area (Å²) in [6, 6.07) is 5.33. The molecule has 0 fully saturated rings. The van der Waals surface area contributed by atoms with Gasteiger partial charge in [0.05, 0.1) is 0 Å². The molecule has 2 aliphatic carbocycles. The van der Waals surface area contributed by atoms with Crippen molar-refractivity contribution in [1.82, 2.24) is 0 Å². The summed E-state index contributed by atoms with van der Waals surface area (Å²) in [6.07, 6.45) is 7.72. The van der Waals surface area contributed by atoms with Crippen LogP contribution in [0.3, 0.4) is 0 Å². The van der Waals surface area contributed by atoms with Crippen LogP contribution in [0.2, 0.25) is 0 Å². The van der Waals surface area contributed by atoms with E-state index in [-0.39, 0.29) is 0 Å². The molecule has 1 aromatic carbocycles. The van der Waals surface area contributed by atoms with Gasteiger partial charge in [0.25, 0.3) is 0 Å². The predicted molar refractivity (Wildman–Crippen MR) is 106 cm³/mol. The van der Waals surface area contributed by atoms with Crippen molar-refractivity contribution in [2.45, 2.75) is 116 Å². The van der Waals surface area contributed by atoms with E-state index in [4.69, 9.17) is 0 Å². The van der Waals surface area contributed by atoms with Crippen LogP contribution in [0.4, 0.5) is 0 Å². The van der Waals surface area contributed by atoms with Crippen molar-refractivity contribution in [3.05, 3.63) is 34.4 Å². The van der Waals surface area contributed by atoms with Gasteiger partial charge in [0, 0.05) is 0 Å². The van der Waals surface area contributed by atoms with Crippen LogP contribution >= 0.6 is 0 Å². The minimum atomic E-state index is 0.316. The monoisotopic (exact) mass is 326 g/mol. The van der Waals surface area contributed by atoms with Crippen LogP contribution in [0.5, 0.6) is 0 Å². The van der Waals surface area contributed by atoms with E-state index in [9.17, 15) is 0 Å². The van der Waals surface area contributed by atoms with Crippen molar-refractivity contribution < 1.29 is 0 Å². The van der Waals surface area contributed by atoms with Gasteiger partial charge in [-0.25, -0.2) is 0 Å². The Hall–Kier alpha value is -0.780. The second-order valence-electron chi connectivity index (χ2n) is 10.0. The van der Waals surface area contributed by atoms with Gasteiger partial charge in [-0.3, -0.25) is 0 Å². The molecule has 0 saturated heterocycles. The van der Waals surface area contributed by atoms with Crippen LogP contribution in [0, 0.1) is 0 Å². The smallest absolute Gasteiger partial charge is 0.00409 e. The Morgan fingerprint density at radius 1 is 0.583 bits per heavy atom. The summed E-state index contributed by atoms with van der Waals surface area (Å²) in [5.74, 6) is 0. The summed E-state index contributed by atoms with van der Waals surface area (Å²) in [7, 11) is 0. The molecular formula is C24H38. The topological polar surface area (TPSA) is 0 Å². The maximum absolute atomic E-state index is 2.69. The molecule has 134 valence electrons. The second kappa shape index (κ2) is 5.36. The van der Waals surface area contributed by atoms with E-state index in [1.54, 1.807) is 22.3 Å². The molecule has 0 heteroatoms. The number of rotatable bonds is 4. The first-order chi connectivity index (χ1) is 11.1. The molecule has 2 aliphatic rings. The Morgan fingerprint density at radius 2 is 0.875 bits per heavy atom. The Morgan fingerprint density at radius 3 is 1.17 bits per heavy atom. The van der Waals surface area contributed by atoms with Crippen LogP contribution in [-0.2, 0) is 21.7 Å². The summed E-state index contributed by atoms with van der Waals surface area (Å²) < 4.78 is 0. The molecule has 0 radical (unpaired) electrons. The first kappa shape index (κ1) is 18.0. The number of hydrogen-bond donors (Lipinski definition) is 0. The average Bonchev–Trinajstić information content (AvgIpc) is 2.92. The quantitative estimate of drug-likeness (QED) is 0.550. The van der Waals surface area contributed by atoms with Crippen LogP contribution in [0.15, 0.2) is 12.1 Å². The van der Waals surface area contributed by atoms with Gasteiger partial charge in [-0.2, -0.15) is 0 Å². The Labute approximate surface area is 150 Å². The third kappa shape index (κ3) is 2.17. The van der Waals surface area contributed by atoms with Crippen LogP contribution in [-0.4, -0.2) is 0 Å². The normalized spacial score (nSPS) is 24.7. The predicted octanol–water partition coefficient (Wildman–Crippen LogP) is 7.16. The molecule has 0 spiro atoms. The molecule has 0 saturated carbocycles. The lowest BCUT2D eigenvalue weighted by molar-refractivity contribution is 0.322. The highest BCUT2D eigenvalue weighted by Crippen LogP contribution is 2.59. The van der Waals surface area contributed by atoms with Gasteiger partial charge in [0.1, 0.15) is 0 Å². The van der Waals surface area contributed by atoms with Crippen molar-refractivity contribution >= 4 is 0 Å². The first-order valence-electron chi connectivity index (χ1n) is 10.3. The summed E-state index contributed by atoms with van der Waals surface area (Å²) in [4.78, 5) is 0. The number of hydrogen-bond acceptors (Lipinski definition) is 0. The van der Waals surface area contributed by atoms with Crippen molar-refractivity contribution in [1.29, 1.82) is 0 Å². The van der Waals surface area contributed by atoms with Gasteiger partial charge in [0.15, 0.2) is 0 Å². The maximum Gasteiger partial charge on any atom is -0.00409 e. The average molecular weight is 327 g/mol. The zero-order valence-corrected chi connectivity index (χ0v) is 17.4. The Balaban J connectivity index is 2.32. The van der Waals surface area contributed by atoms with Gasteiger partial charge in [-0.05, 0) is 82.4 Å². The highest BCUT2D eigenvalue weighted by atomic mass is 14.5. The largest absolute Gasteiger partial charge is 0.0645 e. The van der Waals surface area contributed by atoms with E-state index in [1.807, 2.05) is 0 Å². The van der Waals surface area contributed by atoms with Crippen molar-refractivity contribution in [3.8, 4) is 0 Å². The van der Waals surface area contributed by atoms with E-state index >= 15 is 0 Å². The molecule has 0 aliphatic heterocycles. The highest BCUT2D eigenvalue weighted by molar-refractivity contribution is 5.56. The van der Waals surface area contributed by atoms with E-state index in [0.717, 1.165) is 0 Å². The summed E-state index contributed by atoms with van der Waals surface area (Å²) in [5, 5.41) is 0. The molecule has 0 aromatic heterocycles. The standard InChI is InChI=1S/C24H38/c1-9-23(10-2)15-21(5,6)17-13-18-20(14-19(17)23)24(11-3,12-4)16-22(18,7)8/h13-14H,9-12,15-16H2,1-8H3. The van der Waals surface area contributed by atoms with E-state index in [1.165, 1.54) is 38.5 Å². The Bertz CT molecular complexity index is 583. The minimum Gasteiger partial charge on any atom is -0.0645 e. The molecule has 1 aromatic rings. The molecule has 0 heterocycles. The molecular weight excluding hydrogens is 288 g/mol. The molecule has 0 nitrogen and oxygen atoms in total.